The lowest BCUT2D eigenvalue weighted by Crippen LogP contribution is -2.06. The number of methoxy groups -OCH3 is 1. The van der Waals surface area contributed by atoms with Crippen LogP contribution >= 0.6 is 22.6 Å². The molecule has 3 rings (SSSR count). The van der Waals surface area contributed by atoms with Gasteiger partial charge in [0.1, 0.15) is 0 Å². The minimum Gasteiger partial charge on any atom is -0.493 e. The summed E-state index contributed by atoms with van der Waals surface area (Å²) in [6, 6.07) is 12.4. The Labute approximate surface area is 163 Å². The van der Waals surface area contributed by atoms with E-state index in [-0.39, 0.29) is 11.6 Å². The van der Waals surface area contributed by atoms with Gasteiger partial charge in [0.15, 0.2) is 17.2 Å². The molecule has 0 aromatic heterocycles. The molecule has 0 N–H and O–H groups in total. The Morgan fingerprint density at radius 1 is 1.19 bits per heavy atom. The highest BCUT2D eigenvalue weighted by Gasteiger charge is 2.25. The van der Waals surface area contributed by atoms with E-state index in [2.05, 4.69) is 27.6 Å². The zero-order valence-corrected chi connectivity index (χ0v) is 16.1. The topological polar surface area (TPSA) is 74.2 Å². The minimum absolute atomic E-state index is 0.182. The number of carbonyl (C=O) groups is 2. The van der Waals surface area contributed by atoms with Crippen LogP contribution in [0.1, 0.15) is 18.1 Å². The summed E-state index contributed by atoms with van der Waals surface area (Å²) in [6.07, 6.45) is 1.59. The monoisotopic (exact) mass is 463 g/mol. The summed E-state index contributed by atoms with van der Waals surface area (Å²) in [5, 5.41) is 0. The molecule has 1 aliphatic rings. The van der Waals surface area contributed by atoms with Gasteiger partial charge >= 0.3 is 11.9 Å². The zero-order chi connectivity index (χ0) is 18.7. The lowest BCUT2D eigenvalue weighted by Gasteiger charge is -2.08. The van der Waals surface area contributed by atoms with Crippen LogP contribution in [0.5, 0.6) is 11.5 Å². The SMILES string of the molecule is COc1cc(/C=C2/N=C(c3ccccc3I)OC2=O)ccc1OC(C)=O. The number of halogens is 1. The third-order valence-corrected chi connectivity index (χ3v) is 4.41. The quantitative estimate of drug-likeness (QED) is 0.300. The average Bonchev–Trinajstić information content (AvgIpc) is 2.96. The Hall–Kier alpha value is -2.68. The van der Waals surface area contributed by atoms with Gasteiger partial charge in [-0.15, -0.1) is 0 Å². The number of carbonyl (C=O) groups excluding carboxylic acids is 2. The van der Waals surface area contributed by atoms with E-state index in [9.17, 15) is 9.59 Å². The normalized spacial score (nSPS) is 14.8. The second kappa shape index (κ2) is 7.69. The fourth-order valence-corrected chi connectivity index (χ4v) is 2.95. The van der Waals surface area contributed by atoms with Gasteiger partial charge in [-0.1, -0.05) is 18.2 Å². The highest BCUT2D eigenvalue weighted by atomic mass is 127. The highest BCUT2D eigenvalue weighted by Crippen LogP contribution is 2.30. The molecule has 1 aliphatic heterocycles. The number of ether oxygens (including phenoxy) is 3. The van der Waals surface area contributed by atoms with E-state index in [1.807, 2.05) is 24.3 Å². The van der Waals surface area contributed by atoms with Gasteiger partial charge < -0.3 is 14.2 Å². The highest BCUT2D eigenvalue weighted by molar-refractivity contribution is 14.1. The third-order valence-electron chi connectivity index (χ3n) is 3.47. The number of nitrogens with zero attached hydrogens (tertiary/aromatic N) is 1. The van der Waals surface area contributed by atoms with Crippen LogP contribution in [0.3, 0.4) is 0 Å². The van der Waals surface area contributed by atoms with Gasteiger partial charge in [0, 0.05) is 10.5 Å². The summed E-state index contributed by atoms with van der Waals surface area (Å²) in [7, 11) is 1.47. The molecule has 0 amide bonds. The maximum Gasteiger partial charge on any atom is 0.363 e. The first-order valence-electron chi connectivity index (χ1n) is 7.62. The van der Waals surface area contributed by atoms with Gasteiger partial charge in [0.25, 0.3) is 0 Å². The van der Waals surface area contributed by atoms with Crippen LogP contribution in [0.2, 0.25) is 0 Å². The predicted octanol–water partition coefficient (Wildman–Crippen LogP) is 3.57. The summed E-state index contributed by atoms with van der Waals surface area (Å²) in [4.78, 5) is 27.5. The Kier molecular flexibility index (Phi) is 5.36. The molecule has 0 fully saturated rings. The van der Waals surface area contributed by atoms with Crippen LogP contribution in [-0.2, 0) is 14.3 Å². The minimum atomic E-state index is -0.525. The molecule has 0 aliphatic carbocycles. The number of benzene rings is 2. The van der Waals surface area contributed by atoms with Gasteiger partial charge in [0.2, 0.25) is 5.90 Å². The van der Waals surface area contributed by atoms with Gasteiger partial charge in [-0.3, -0.25) is 4.79 Å². The first-order valence-corrected chi connectivity index (χ1v) is 8.69. The summed E-state index contributed by atoms with van der Waals surface area (Å²) in [5.74, 6) is -0.0141. The first kappa shape index (κ1) is 18.1. The molecular formula is C19H14INO5. The standard InChI is InChI=1S/C19H14INO5/c1-11(22)25-16-8-7-12(10-17(16)24-2)9-15-19(23)26-18(21-15)13-5-3-4-6-14(13)20/h3-10H,1-2H3/b15-9+. The molecule has 0 bridgehead atoms. The summed E-state index contributed by atoms with van der Waals surface area (Å²) in [5.41, 5.74) is 1.60. The molecule has 0 atom stereocenters. The van der Waals surface area contributed by atoms with Crippen molar-refractivity contribution in [1.29, 1.82) is 0 Å². The van der Waals surface area contributed by atoms with Gasteiger partial charge in [-0.05, 0) is 58.5 Å². The first-order chi connectivity index (χ1) is 12.5. The second-order valence-electron chi connectivity index (χ2n) is 5.32. The Bertz CT molecular complexity index is 949. The van der Waals surface area contributed by atoms with E-state index in [0.717, 1.165) is 9.13 Å². The third kappa shape index (κ3) is 3.93. The van der Waals surface area contributed by atoms with Crippen molar-refractivity contribution in [3.63, 3.8) is 0 Å². The molecule has 0 saturated carbocycles. The molecular weight excluding hydrogens is 449 g/mol. The van der Waals surface area contributed by atoms with Crippen LogP contribution in [0, 0.1) is 3.57 Å². The maximum atomic E-state index is 12.1. The molecule has 1 heterocycles. The summed E-state index contributed by atoms with van der Waals surface area (Å²) in [6.45, 7) is 1.31. The van der Waals surface area contributed by atoms with E-state index in [0.29, 0.717) is 17.1 Å². The van der Waals surface area contributed by atoms with Gasteiger partial charge in [-0.25, -0.2) is 9.79 Å². The molecule has 0 spiro atoms. The second-order valence-corrected chi connectivity index (χ2v) is 6.48. The summed E-state index contributed by atoms with van der Waals surface area (Å²) < 4.78 is 16.5. The number of aliphatic imine (C=N–C) groups is 1. The molecule has 0 unspecified atom stereocenters. The zero-order valence-electron chi connectivity index (χ0n) is 14.0. The summed E-state index contributed by atoms with van der Waals surface area (Å²) >= 11 is 2.16. The Morgan fingerprint density at radius 2 is 1.96 bits per heavy atom. The average molecular weight is 463 g/mol. The molecule has 2 aromatic carbocycles. The van der Waals surface area contributed by atoms with Crippen molar-refractivity contribution in [3.8, 4) is 11.5 Å². The van der Waals surface area contributed by atoms with Crippen molar-refractivity contribution < 1.29 is 23.8 Å². The number of hydrogen-bond acceptors (Lipinski definition) is 6. The van der Waals surface area contributed by atoms with Crippen LogP contribution in [0.25, 0.3) is 6.08 Å². The fourth-order valence-electron chi connectivity index (χ4n) is 2.33. The van der Waals surface area contributed by atoms with Gasteiger partial charge in [-0.2, -0.15) is 0 Å². The van der Waals surface area contributed by atoms with Crippen LogP contribution in [0.4, 0.5) is 0 Å². The van der Waals surface area contributed by atoms with Crippen molar-refractivity contribution in [2.24, 2.45) is 4.99 Å². The van der Waals surface area contributed by atoms with Crippen molar-refractivity contribution in [1.82, 2.24) is 0 Å². The molecule has 2 aromatic rings. The van der Waals surface area contributed by atoms with E-state index in [1.165, 1.54) is 14.0 Å². The lowest BCUT2D eigenvalue weighted by molar-refractivity contribution is -0.132. The molecule has 0 radical (unpaired) electrons. The fraction of sp³-hybridized carbons (Fsp3) is 0.105. The molecule has 6 nitrogen and oxygen atoms in total. The van der Waals surface area contributed by atoms with Crippen LogP contribution in [0.15, 0.2) is 53.2 Å². The largest absolute Gasteiger partial charge is 0.493 e. The Balaban J connectivity index is 1.93. The number of hydrogen-bond donors (Lipinski definition) is 0. The number of esters is 2. The van der Waals surface area contributed by atoms with Crippen molar-refractivity contribution in [2.45, 2.75) is 6.92 Å². The molecule has 26 heavy (non-hydrogen) atoms. The number of cyclic esters (lactones) is 1. The van der Waals surface area contributed by atoms with Crippen molar-refractivity contribution in [3.05, 3.63) is 62.9 Å². The molecule has 0 saturated heterocycles. The molecule has 7 heteroatoms. The van der Waals surface area contributed by atoms with E-state index in [1.54, 1.807) is 24.3 Å². The van der Waals surface area contributed by atoms with Crippen LogP contribution < -0.4 is 9.47 Å². The Morgan fingerprint density at radius 3 is 2.65 bits per heavy atom. The maximum absolute atomic E-state index is 12.1. The number of rotatable bonds is 4. The van der Waals surface area contributed by atoms with E-state index >= 15 is 0 Å². The predicted molar refractivity (Wildman–Crippen MR) is 104 cm³/mol. The smallest absolute Gasteiger partial charge is 0.363 e. The van der Waals surface area contributed by atoms with E-state index in [4.69, 9.17) is 14.2 Å². The van der Waals surface area contributed by atoms with Gasteiger partial charge in [0.05, 0.1) is 12.7 Å². The van der Waals surface area contributed by atoms with Crippen molar-refractivity contribution >= 4 is 46.5 Å². The van der Waals surface area contributed by atoms with E-state index < -0.39 is 11.9 Å². The van der Waals surface area contributed by atoms with Crippen LogP contribution in [-0.4, -0.2) is 24.9 Å². The van der Waals surface area contributed by atoms with Crippen molar-refractivity contribution in [2.75, 3.05) is 7.11 Å². The lowest BCUT2D eigenvalue weighted by atomic mass is 10.1. The molecule has 132 valence electrons.